The quantitative estimate of drug-likeness (QED) is 0.685. The molecule has 1 atom stereocenters. The fourth-order valence-corrected chi connectivity index (χ4v) is 3.45. The van der Waals surface area contributed by atoms with E-state index in [2.05, 4.69) is 15.7 Å². The Morgan fingerprint density at radius 1 is 1.32 bits per heavy atom. The largest absolute Gasteiger partial charge is 0.480 e. The van der Waals surface area contributed by atoms with E-state index >= 15 is 0 Å². The number of hydrogen-bond acceptors (Lipinski definition) is 5. The number of benzene rings is 1. The van der Waals surface area contributed by atoms with Crippen LogP contribution < -0.4 is 21.1 Å². The maximum atomic E-state index is 14.9. The molecule has 2 aliphatic rings. The van der Waals surface area contributed by atoms with E-state index in [0.717, 1.165) is 36.6 Å². The predicted molar refractivity (Wildman–Crippen MR) is 101 cm³/mol. The van der Waals surface area contributed by atoms with Crippen LogP contribution in [0.15, 0.2) is 16.9 Å². The Hall–Kier alpha value is -2.89. The van der Waals surface area contributed by atoms with Crippen molar-refractivity contribution < 1.29 is 27.1 Å². The van der Waals surface area contributed by atoms with Crippen LogP contribution >= 0.6 is 0 Å². The third kappa shape index (κ3) is 4.16. The van der Waals surface area contributed by atoms with Crippen LogP contribution in [-0.2, 0) is 13.0 Å². The number of carbonyl (C=O) groups is 1. The van der Waals surface area contributed by atoms with Gasteiger partial charge in [0.2, 0.25) is 0 Å². The van der Waals surface area contributed by atoms with E-state index in [9.17, 15) is 27.2 Å². The summed E-state index contributed by atoms with van der Waals surface area (Å²) in [5, 5.41) is 9.68. The van der Waals surface area contributed by atoms with Gasteiger partial charge in [-0.1, -0.05) is 0 Å². The number of carbonyl (C=O) groups excluding carboxylic acids is 1. The summed E-state index contributed by atoms with van der Waals surface area (Å²) in [5.41, 5.74) is -1.36. The topological polar surface area (TPSA) is 90.2 Å². The second-order valence-corrected chi connectivity index (χ2v) is 7.65. The lowest BCUT2D eigenvalue weighted by Crippen LogP contribution is -2.57. The van der Waals surface area contributed by atoms with E-state index in [4.69, 9.17) is 4.74 Å². The Balaban J connectivity index is 1.76. The molecule has 1 aromatic carbocycles. The maximum absolute atomic E-state index is 14.9. The van der Waals surface area contributed by atoms with Gasteiger partial charge in [0.15, 0.2) is 6.10 Å². The molecule has 2 N–H and O–H groups in total. The summed E-state index contributed by atoms with van der Waals surface area (Å²) in [4.78, 5) is 25.2. The molecule has 0 spiro atoms. The van der Waals surface area contributed by atoms with Crippen LogP contribution in [0.5, 0.6) is 5.75 Å². The minimum atomic E-state index is -4.70. The lowest BCUT2D eigenvalue weighted by molar-refractivity contribution is -0.189. The van der Waals surface area contributed by atoms with Crippen molar-refractivity contribution >= 4 is 5.91 Å². The van der Waals surface area contributed by atoms with E-state index < -0.39 is 35.4 Å². The smallest absolute Gasteiger partial charge is 0.425 e. The third-order valence-electron chi connectivity index (χ3n) is 5.37. The Labute approximate surface area is 174 Å². The average Bonchev–Trinajstić information content (AvgIpc) is 3.01. The SMILES string of the molecule is C[C@H](Oc1cc(-n2nc3n(c2=O)CCCC3)c(F)cc1C(=O)NC1CNC1)C(F)(F)F. The first kappa shape index (κ1) is 21.3. The van der Waals surface area contributed by atoms with Crippen LogP contribution in [0.1, 0.15) is 35.9 Å². The number of nitrogens with one attached hydrogen (secondary N) is 2. The Morgan fingerprint density at radius 2 is 2.06 bits per heavy atom. The van der Waals surface area contributed by atoms with E-state index in [1.807, 2.05) is 0 Å². The third-order valence-corrected chi connectivity index (χ3v) is 5.37. The van der Waals surface area contributed by atoms with Crippen molar-refractivity contribution in [2.75, 3.05) is 13.1 Å². The van der Waals surface area contributed by atoms with Crippen LogP contribution in [0, 0.1) is 5.82 Å². The lowest BCUT2D eigenvalue weighted by atomic mass is 10.1. The number of ether oxygens (including phenoxy) is 1. The highest BCUT2D eigenvalue weighted by molar-refractivity contribution is 5.97. The van der Waals surface area contributed by atoms with Gasteiger partial charge in [-0.2, -0.15) is 17.9 Å². The van der Waals surface area contributed by atoms with Crippen LogP contribution in [0.3, 0.4) is 0 Å². The zero-order valence-electron chi connectivity index (χ0n) is 16.6. The molecule has 1 aromatic heterocycles. The van der Waals surface area contributed by atoms with Gasteiger partial charge in [0.25, 0.3) is 5.91 Å². The fourth-order valence-electron chi connectivity index (χ4n) is 3.45. The zero-order chi connectivity index (χ0) is 22.3. The molecule has 0 saturated carbocycles. The minimum absolute atomic E-state index is 0.217. The molecule has 2 aliphatic heterocycles. The van der Waals surface area contributed by atoms with Crippen molar-refractivity contribution in [2.45, 2.75) is 51.1 Å². The van der Waals surface area contributed by atoms with Crippen molar-refractivity contribution in [1.82, 2.24) is 25.0 Å². The van der Waals surface area contributed by atoms with Gasteiger partial charge in [-0.3, -0.25) is 9.36 Å². The van der Waals surface area contributed by atoms with Gasteiger partial charge in [0.1, 0.15) is 23.1 Å². The highest BCUT2D eigenvalue weighted by Gasteiger charge is 2.39. The number of fused-ring (bicyclic) bond motifs is 1. The first-order chi connectivity index (χ1) is 14.6. The summed E-state index contributed by atoms with van der Waals surface area (Å²) >= 11 is 0. The Morgan fingerprint density at radius 3 is 2.68 bits per heavy atom. The second-order valence-electron chi connectivity index (χ2n) is 7.65. The number of aryl methyl sites for hydroxylation is 1. The van der Waals surface area contributed by atoms with E-state index in [1.165, 1.54) is 4.57 Å². The van der Waals surface area contributed by atoms with Crippen molar-refractivity contribution in [2.24, 2.45) is 0 Å². The summed E-state index contributed by atoms with van der Waals surface area (Å²) in [6.45, 7) is 2.20. The van der Waals surface area contributed by atoms with Crippen LogP contribution in [-0.4, -0.2) is 51.7 Å². The molecule has 0 aliphatic carbocycles. The molecule has 4 rings (SSSR count). The number of rotatable bonds is 5. The van der Waals surface area contributed by atoms with E-state index in [1.54, 1.807) is 0 Å². The zero-order valence-corrected chi connectivity index (χ0v) is 16.6. The average molecular weight is 443 g/mol. The van der Waals surface area contributed by atoms with Crippen LogP contribution in [0.2, 0.25) is 0 Å². The Bertz CT molecular complexity index is 1060. The van der Waals surface area contributed by atoms with Gasteiger partial charge >= 0.3 is 11.9 Å². The first-order valence-corrected chi connectivity index (χ1v) is 9.92. The molecule has 31 heavy (non-hydrogen) atoms. The van der Waals surface area contributed by atoms with Gasteiger partial charge in [-0.25, -0.2) is 9.18 Å². The number of aromatic nitrogens is 3. The lowest BCUT2D eigenvalue weighted by Gasteiger charge is -2.28. The van der Waals surface area contributed by atoms with E-state index in [0.29, 0.717) is 31.9 Å². The number of amides is 1. The number of alkyl halides is 3. The molecule has 1 amide bonds. The summed E-state index contributed by atoms with van der Waals surface area (Å²) in [7, 11) is 0. The molecule has 0 unspecified atom stereocenters. The molecule has 0 bridgehead atoms. The fraction of sp³-hybridized carbons (Fsp3) is 0.526. The highest BCUT2D eigenvalue weighted by Crippen LogP contribution is 2.30. The normalized spacial score (nSPS) is 17.6. The standard InChI is InChI=1S/C19H21F4N5O3/c1-10(19(21,22)23)31-15-7-14(28-18(30)27-5-3-2-4-16(27)26-28)13(20)6-12(15)17(29)25-11-8-24-9-11/h6-7,10-11,24H,2-5,8-9H2,1H3,(H,25,29)/t10-/m0/s1. The molecule has 1 fully saturated rings. The van der Waals surface area contributed by atoms with Gasteiger partial charge in [0.05, 0.1) is 11.6 Å². The monoisotopic (exact) mass is 443 g/mol. The van der Waals surface area contributed by atoms with Crippen molar-refractivity contribution in [1.29, 1.82) is 0 Å². The summed E-state index contributed by atoms with van der Waals surface area (Å²) in [6.07, 6.45) is -4.83. The molecule has 3 heterocycles. The molecule has 2 aromatic rings. The molecule has 8 nitrogen and oxygen atoms in total. The van der Waals surface area contributed by atoms with Gasteiger partial charge < -0.3 is 15.4 Å². The van der Waals surface area contributed by atoms with Crippen LogP contribution in [0.4, 0.5) is 17.6 Å². The highest BCUT2D eigenvalue weighted by atomic mass is 19.4. The number of nitrogens with zero attached hydrogens (tertiary/aromatic N) is 3. The summed E-state index contributed by atoms with van der Waals surface area (Å²) in [5.74, 6) is -1.75. The van der Waals surface area contributed by atoms with E-state index in [-0.39, 0.29) is 17.3 Å². The van der Waals surface area contributed by atoms with Crippen molar-refractivity contribution in [3.05, 3.63) is 39.8 Å². The first-order valence-electron chi connectivity index (χ1n) is 9.92. The van der Waals surface area contributed by atoms with Crippen molar-refractivity contribution in [3.63, 3.8) is 0 Å². The predicted octanol–water partition coefficient (Wildman–Crippen LogP) is 1.54. The van der Waals surface area contributed by atoms with Crippen molar-refractivity contribution in [3.8, 4) is 11.4 Å². The van der Waals surface area contributed by atoms with Gasteiger partial charge in [-0.05, 0) is 25.8 Å². The van der Waals surface area contributed by atoms with Gasteiger partial charge in [-0.15, -0.1) is 5.10 Å². The maximum Gasteiger partial charge on any atom is 0.425 e. The molecule has 168 valence electrons. The molecular weight excluding hydrogens is 422 g/mol. The van der Waals surface area contributed by atoms with Crippen LogP contribution in [0.25, 0.3) is 5.69 Å². The molecule has 1 saturated heterocycles. The minimum Gasteiger partial charge on any atom is -0.480 e. The molecular formula is C19H21F4N5O3. The molecule has 12 heteroatoms. The Kier molecular flexibility index (Phi) is 5.50. The number of halogens is 4. The summed E-state index contributed by atoms with van der Waals surface area (Å²) < 4.78 is 61.4. The second kappa shape index (κ2) is 7.98. The number of hydrogen-bond donors (Lipinski definition) is 2. The summed E-state index contributed by atoms with van der Waals surface area (Å²) in [6, 6.07) is 1.48. The molecule has 0 radical (unpaired) electrons. The van der Waals surface area contributed by atoms with Gasteiger partial charge in [0, 0.05) is 32.1 Å².